The third-order valence-electron chi connectivity index (χ3n) is 2.97. The topological polar surface area (TPSA) is 77.3 Å². The molecule has 2 aromatic rings. The van der Waals surface area contributed by atoms with Crippen LogP contribution in [0.3, 0.4) is 0 Å². The number of nitro benzene ring substituents is 1. The summed E-state index contributed by atoms with van der Waals surface area (Å²) in [6.45, 7) is 2.28. The standard InChI is InChI=1S/C14H14BrN3O3/c1-9-5-12(11(15)6-13(9)18(19)20)16-7-10-3-4-14(21-2)17-8-10/h3-6,8,16H,7H2,1-2H3. The lowest BCUT2D eigenvalue weighted by molar-refractivity contribution is -0.385. The number of rotatable bonds is 5. The van der Waals surface area contributed by atoms with E-state index in [4.69, 9.17) is 4.74 Å². The van der Waals surface area contributed by atoms with Crippen molar-refractivity contribution in [3.8, 4) is 5.88 Å². The highest BCUT2D eigenvalue weighted by atomic mass is 79.9. The van der Waals surface area contributed by atoms with Crippen LogP contribution in [0, 0.1) is 17.0 Å². The highest BCUT2D eigenvalue weighted by molar-refractivity contribution is 9.10. The van der Waals surface area contributed by atoms with Crippen LogP contribution in [0.1, 0.15) is 11.1 Å². The number of halogens is 1. The second-order valence-electron chi connectivity index (χ2n) is 4.44. The molecule has 1 N–H and O–H groups in total. The number of aromatic nitrogens is 1. The first kappa shape index (κ1) is 15.2. The van der Waals surface area contributed by atoms with Crippen molar-refractivity contribution in [2.24, 2.45) is 0 Å². The molecule has 2 rings (SSSR count). The molecule has 0 aliphatic heterocycles. The number of pyridine rings is 1. The van der Waals surface area contributed by atoms with Gasteiger partial charge in [-0.15, -0.1) is 0 Å². The van der Waals surface area contributed by atoms with Crippen molar-refractivity contribution in [2.75, 3.05) is 12.4 Å². The smallest absolute Gasteiger partial charge is 0.273 e. The maximum absolute atomic E-state index is 10.9. The van der Waals surface area contributed by atoms with Crippen molar-refractivity contribution in [1.82, 2.24) is 4.98 Å². The fourth-order valence-corrected chi connectivity index (χ4v) is 2.31. The summed E-state index contributed by atoms with van der Waals surface area (Å²) in [5.74, 6) is 0.561. The molecule has 21 heavy (non-hydrogen) atoms. The Balaban J connectivity index is 2.12. The minimum Gasteiger partial charge on any atom is -0.481 e. The van der Waals surface area contributed by atoms with Crippen molar-refractivity contribution in [1.29, 1.82) is 0 Å². The number of nitrogens with zero attached hydrogens (tertiary/aromatic N) is 2. The number of ether oxygens (including phenoxy) is 1. The molecule has 0 aliphatic rings. The van der Waals surface area contributed by atoms with Gasteiger partial charge in [0.05, 0.1) is 12.0 Å². The van der Waals surface area contributed by atoms with Gasteiger partial charge in [-0.2, -0.15) is 0 Å². The van der Waals surface area contributed by atoms with Gasteiger partial charge in [-0.3, -0.25) is 10.1 Å². The van der Waals surface area contributed by atoms with Crippen molar-refractivity contribution < 1.29 is 9.66 Å². The van der Waals surface area contributed by atoms with Crippen LogP contribution >= 0.6 is 15.9 Å². The van der Waals surface area contributed by atoms with Gasteiger partial charge in [0.2, 0.25) is 5.88 Å². The SMILES string of the molecule is COc1ccc(CNc2cc(C)c([N+](=O)[O-])cc2Br)cn1. The Labute approximate surface area is 130 Å². The number of nitrogens with one attached hydrogen (secondary N) is 1. The number of nitro groups is 1. The molecule has 0 fully saturated rings. The molecule has 0 radical (unpaired) electrons. The number of hydrogen-bond acceptors (Lipinski definition) is 5. The van der Waals surface area contributed by atoms with E-state index in [2.05, 4.69) is 26.2 Å². The molecule has 0 atom stereocenters. The molecule has 0 spiro atoms. The zero-order valence-electron chi connectivity index (χ0n) is 11.6. The molecule has 110 valence electrons. The minimum atomic E-state index is -0.392. The Morgan fingerprint density at radius 3 is 2.76 bits per heavy atom. The summed E-state index contributed by atoms with van der Waals surface area (Å²) in [7, 11) is 1.57. The zero-order chi connectivity index (χ0) is 15.4. The maximum atomic E-state index is 10.9. The average Bonchev–Trinajstić information content (AvgIpc) is 2.48. The van der Waals surface area contributed by atoms with Gasteiger partial charge in [0.1, 0.15) is 0 Å². The summed E-state index contributed by atoms with van der Waals surface area (Å²) in [6.07, 6.45) is 1.72. The summed E-state index contributed by atoms with van der Waals surface area (Å²) in [4.78, 5) is 14.6. The fourth-order valence-electron chi connectivity index (χ4n) is 1.84. The molecule has 7 heteroatoms. The monoisotopic (exact) mass is 351 g/mol. The number of hydrogen-bond donors (Lipinski definition) is 1. The number of benzene rings is 1. The van der Waals surface area contributed by atoms with E-state index in [9.17, 15) is 10.1 Å². The molecule has 1 aromatic heterocycles. The lowest BCUT2D eigenvalue weighted by Crippen LogP contribution is -2.02. The lowest BCUT2D eigenvalue weighted by atomic mass is 10.1. The van der Waals surface area contributed by atoms with Crippen LogP contribution in [0.2, 0.25) is 0 Å². The quantitative estimate of drug-likeness (QED) is 0.656. The molecule has 0 aliphatic carbocycles. The maximum Gasteiger partial charge on any atom is 0.273 e. The molecule has 1 heterocycles. The first-order valence-corrected chi connectivity index (χ1v) is 6.98. The van der Waals surface area contributed by atoms with E-state index in [1.807, 2.05) is 6.07 Å². The first-order chi connectivity index (χ1) is 10.0. The van der Waals surface area contributed by atoms with Crippen LogP contribution in [0.5, 0.6) is 5.88 Å². The summed E-state index contributed by atoms with van der Waals surface area (Å²) >= 11 is 3.34. The molecular weight excluding hydrogens is 338 g/mol. The van der Waals surface area contributed by atoms with Gasteiger partial charge in [-0.25, -0.2) is 4.98 Å². The molecule has 1 aromatic carbocycles. The van der Waals surface area contributed by atoms with Crippen LogP contribution in [0.25, 0.3) is 0 Å². The van der Waals surface area contributed by atoms with Crippen LogP contribution in [0.15, 0.2) is 34.9 Å². The van der Waals surface area contributed by atoms with Crippen molar-refractivity contribution in [3.63, 3.8) is 0 Å². The van der Waals surface area contributed by atoms with Crippen molar-refractivity contribution >= 4 is 27.3 Å². The van der Waals surface area contributed by atoms with Crippen LogP contribution in [-0.2, 0) is 6.54 Å². The molecule has 0 bridgehead atoms. The number of methoxy groups -OCH3 is 1. The van der Waals surface area contributed by atoms with Gasteiger partial charge in [0.25, 0.3) is 5.69 Å². The highest BCUT2D eigenvalue weighted by Gasteiger charge is 2.13. The second-order valence-corrected chi connectivity index (χ2v) is 5.29. The summed E-state index contributed by atoms with van der Waals surface area (Å²) in [6, 6.07) is 6.95. The van der Waals surface area contributed by atoms with E-state index in [-0.39, 0.29) is 5.69 Å². The van der Waals surface area contributed by atoms with E-state index in [0.717, 1.165) is 11.3 Å². The van der Waals surface area contributed by atoms with E-state index >= 15 is 0 Å². The van der Waals surface area contributed by atoms with E-state index in [1.165, 1.54) is 6.07 Å². The molecule has 6 nitrogen and oxygen atoms in total. The zero-order valence-corrected chi connectivity index (χ0v) is 13.2. The molecule has 0 amide bonds. The molecule has 0 saturated heterocycles. The third-order valence-corrected chi connectivity index (χ3v) is 3.63. The summed E-state index contributed by atoms with van der Waals surface area (Å²) < 4.78 is 5.65. The Bertz CT molecular complexity index is 659. The predicted molar refractivity (Wildman–Crippen MR) is 83.6 cm³/mol. The van der Waals surface area contributed by atoms with E-state index in [1.54, 1.807) is 32.4 Å². The normalized spacial score (nSPS) is 10.2. The fraction of sp³-hybridized carbons (Fsp3) is 0.214. The molecular formula is C14H14BrN3O3. The first-order valence-electron chi connectivity index (χ1n) is 6.18. The van der Waals surface area contributed by atoms with Gasteiger partial charge >= 0.3 is 0 Å². The highest BCUT2D eigenvalue weighted by Crippen LogP contribution is 2.30. The van der Waals surface area contributed by atoms with Gasteiger partial charge in [0, 0.05) is 40.6 Å². The van der Waals surface area contributed by atoms with E-state index in [0.29, 0.717) is 22.5 Å². The van der Waals surface area contributed by atoms with Crippen molar-refractivity contribution in [2.45, 2.75) is 13.5 Å². The van der Waals surface area contributed by atoms with Gasteiger partial charge in [-0.1, -0.05) is 6.07 Å². The molecule has 0 saturated carbocycles. The third kappa shape index (κ3) is 3.69. The predicted octanol–water partition coefficient (Wildman–Crippen LogP) is 3.68. The Kier molecular flexibility index (Phi) is 4.74. The van der Waals surface area contributed by atoms with Crippen LogP contribution in [-0.4, -0.2) is 17.0 Å². The van der Waals surface area contributed by atoms with Crippen LogP contribution in [0.4, 0.5) is 11.4 Å². The number of aryl methyl sites for hydroxylation is 1. The lowest BCUT2D eigenvalue weighted by Gasteiger charge is -2.10. The van der Waals surface area contributed by atoms with Crippen molar-refractivity contribution in [3.05, 3.63) is 56.2 Å². The van der Waals surface area contributed by atoms with Gasteiger partial charge < -0.3 is 10.1 Å². The average molecular weight is 352 g/mol. The largest absolute Gasteiger partial charge is 0.481 e. The second kappa shape index (κ2) is 6.53. The summed E-state index contributed by atoms with van der Waals surface area (Å²) in [5, 5.41) is 14.1. The summed E-state index contributed by atoms with van der Waals surface area (Å²) in [5.41, 5.74) is 2.49. The molecule has 0 unspecified atom stereocenters. The Morgan fingerprint density at radius 1 is 1.43 bits per heavy atom. The van der Waals surface area contributed by atoms with E-state index < -0.39 is 4.92 Å². The Hall–Kier alpha value is -2.15. The number of anilines is 1. The van der Waals surface area contributed by atoms with Gasteiger partial charge in [0.15, 0.2) is 0 Å². The van der Waals surface area contributed by atoms with Gasteiger partial charge in [-0.05, 0) is 34.5 Å². The van der Waals surface area contributed by atoms with Crippen LogP contribution < -0.4 is 10.1 Å². The Morgan fingerprint density at radius 2 is 2.19 bits per heavy atom. The minimum absolute atomic E-state index is 0.0959.